The van der Waals surface area contributed by atoms with E-state index < -0.39 is 0 Å². The fourth-order valence-electron chi connectivity index (χ4n) is 0.947. The maximum atomic E-state index is 5.91. The summed E-state index contributed by atoms with van der Waals surface area (Å²) in [4.78, 5) is 0. The normalized spacial score (nSPS) is 10.0. The minimum atomic E-state index is 0.687. The molecule has 13 heavy (non-hydrogen) atoms. The van der Waals surface area contributed by atoms with Gasteiger partial charge in [-0.2, -0.15) is 11.8 Å². The third-order valence-corrected chi connectivity index (χ3v) is 2.60. The average Bonchev–Trinajstić information content (AvgIpc) is 2.15. The molecule has 0 heterocycles. The van der Waals surface area contributed by atoms with Crippen molar-refractivity contribution in [1.29, 1.82) is 0 Å². The minimum Gasteiger partial charge on any atom is -0.492 e. The highest BCUT2D eigenvalue weighted by Gasteiger charge is 1.97. The fourth-order valence-corrected chi connectivity index (χ4v) is 1.54. The molecule has 1 rings (SSSR count). The van der Waals surface area contributed by atoms with Gasteiger partial charge in [0.25, 0.3) is 0 Å². The van der Waals surface area contributed by atoms with Crippen molar-refractivity contribution in [2.45, 2.75) is 6.42 Å². The van der Waals surface area contributed by atoms with E-state index in [9.17, 15) is 0 Å². The quantitative estimate of drug-likeness (QED) is 0.698. The second kappa shape index (κ2) is 6.17. The number of rotatable bonds is 5. The highest BCUT2D eigenvalue weighted by molar-refractivity contribution is 7.98. The van der Waals surface area contributed by atoms with E-state index in [1.807, 2.05) is 36.0 Å². The first-order valence-electron chi connectivity index (χ1n) is 4.21. The zero-order valence-corrected chi connectivity index (χ0v) is 9.20. The van der Waals surface area contributed by atoms with Crippen molar-refractivity contribution in [1.82, 2.24) is 0 Å². The first kappa shape index (κ1) is 10.7. The highest BCUT2D eigenvalue weighted by atomic mass is 35.5. The van der Waals surface area contributed by atoms with Gasteiger partial charge in [0.1, 0.15) is 5.75 Å². The lowest BCUT2D eigenvalue weighted by atomic mass is 10.3. The van der Waals surface area contributed by atoms with Gasteiger partial charge in [0.15, 0.2) is 0 Å². The van der Waals surface area contributed by atoms with Gasteiger partial charge in [0.05, 0.1) is 11.6 Å². The molecule has 0 spiro atoms. The molecule has 0 N–H and O–H groups in total. The van der Waals surface area contributed by atoms with Crippen LogP contribution in [0.25, 0.3) is 0 Å². The van der Waals surface area contributed by atoms with Gasteiger partial charge < -0.3 is 4.74 Å². The summed E-state index contributed by atoms with van der Waals surface area (Å²) in [6.07, 6.45) is 3.15. The molecule has 0 fully saturated rings. The van der Waals surface area contributed by atoms with E-state index in [0.29, 0.717) is 5.02 Å². The van der Waals surface area contributed by atoms with Gasteiger partial charge in [-0.1, -0.05) is 23.7 Å². The molecule has 1 aromatic carbocycles. The van der Waals surface area contributed by atoms with E-state index in [0.717, 1.165) is 24.5 Å². The highest BCUT2D eigenvalue weighted by Crippen LogP contribution is 2.23. The molecule has 0 unspecified atom stereocenters. The molecular weight excluding hydrogens is 204 g/mol. The molecule has 0 radical (unpaired) electrons. The Bertz CT molecular complexity index is 252. The molecule has 0 amide bonds. The summed E-state index contributed by atoms with van der Waals surface area (Å²) < 4.78 is 5.49. The first-order valence-corrected chi connectivity index (χ1v) is 5.98. The van der Waals surface area contributed by atoms with E-state index in [2.05, 4.69) is 6.26 Å². The number of para-hydroxylation sites is 1. The monoisotopic (exact) mass is 216 g/mol. The summed E-state index contributed by atoms with van der Waals surface area (Å²) in [5, 5.41) is 0.687. The third kappa shape index (κ3) is 3.92. The Labute approximate surface area is 88.4 Å². The molecule has 0 aromatic heterocycles. The van der Waals surface area contributed by atoms with Gasteiger partial charge in [-0.15, -0.1) is 0 Å². The summed E-state index contributed by atoms with van der Waals surface area (Å²) in [6, 6.07) is 7.56. The van der Waals surface area contributed by atoms with Crippen LogP contribution in [0.3, 0.4) is 0 Å². The van der Waals surface area contributed by atoms with Crippen LogP contribution in [0.15, 0.2) is 24.3 Å². The van der Waals surface area contributed by atoms with Crippen LogP contribution in [-0.2, 0) is 0 Å². The Kier molecular flexibility index (Phi) is 5.09. The number of halogens is 1. The lowest BCUT2D eigenvalue weighted by Crippen LogP contribution is -1.98. The van der Waals surface area contributed by atoms with Crippen LogP contribution in [-0.4, -0.2) is 18.6 Å². The van der Waals surface area contributed by atoms with Crippen molar-refractivity contribution in [2.24, 2.45) is 0 Å². The van der Waals surface area contributed by atoms with E-state index in [1.165, 1.54) is 0 Å². The van der Waals surface area contributed by atoms with Crippen LogP contribution in [0.2, 0.25) is 5.02 Å². The molecule has 0 aliphatic heterocycles. The molecule has 0 saturated carbocycles. The van der Waals surface area contributed by atoms with Crippen molar-refractivity contribution >= 4 is 23.4 Å². The molecule has 3 heteroatoms. The lowest BCUT2D eigenvalue weighted by Gasteiger charge is -2.06. The van der Waals surface area contributed by atoms with E-state index >= 15 is 0 Å². The van der Waals surface area contributed by atoms with Crippen molar-refractivity contribution in [3.8, 4) is 5.75 Å². The molecule has 0 atom stereocenters. The van der Waals surface area contributed by atoms with Crippen molar-refractivity contribution in [3.05, 3.63) is 29.3 Å². The zero-order valence-electron chi connectivity index (χ0n) is 7.63. The summed E-state index contributed by atoms with van der Waals surface area (Å²) in [5.74, 6) is 1.91. The van der Waals surface area contributed by atoms with Crippen LogP contribution in [0.5, 0.6) is 5.75 Å². The van der Waals surface area contributed by atoms with Crippen molar-refractivity contribution in [2.75, 3.05) is 18.6 Å². The van der Waals surface area contributed by atoms with Crippen molar-refractivity contribution < 1.29 is 4.74 Å². The second-order valence-electron chi connectivity index (χ2n) is 2.63. The Morgan fingerprint density at radius 1 is 1.38 bits per heavy atom. The lowest BCUT2D eigenvalue weighted by molar-refractivity contribution is 0.319. The molecule has 1 aromatic rings. The Morgan fingerprint density at radius 3 is 2.85 bits per heavy atom. The average molecular weight is 217 g/mol. The second-order valence-corrected chi connectivity index (χ2v) is 4.02. The van der Waals surface area contributed by atoms with Crippen LogP contribution in [0, 0.1) is 0 Å². The predicted octanol–water partition coefficient (Wildman–Crippen LogP) is 3.47. The molecular formula is C10H13ClOS. The van der Waals surface area contributed by atoms with Gasteiger partial charge >= 0.3 is 0 Å². The number of hydrogen-bond acceptors (Lipinski definition) is 2. The van der Waals surface area contributed by atoms with E-state index in [1.54, 1.807) is 0 Å². The SMILES string of the molecule is CSCCCOc1ccccc1Cl. The van der Waals surface area contributed by atoms with Gasteiger partial charge in [0.2, 0.25) is 0 Å². The zero-order chi connectivity index (χ0) is 9.52. The van der Waals surface area contributed by atoms with Gasteiger partial charge in [0, 0.05) is 0 Å². The molecule has 0 aliphatic rings. The largest absolute Gasteiger partial charge is 0.492 e. The molecule has 0 saturated heterocycles. The third-order valence-electron chi connectivity index (χ3n) is 1.59. The summed E-state index contributed by atoms with van der Waals surface area (Å²) in [5.41, 5.74) is 0. The standard InChI is InChI=1S/C10H13ClOS/c1-13-8-4-7-12-10-6-3-2-5-9(10)11/h2-3,5-6H,4,7-8H2,1H3. The van der Waals surface area contributed by atoms with Crippen LogP contribution >= 0.6 is 23.4 Å². The number of benzene rings is 1. The number of thioether (sulfide) groups is 1. The first-order chi connectivity index (χ1) is 6.34. The van der Waals surface area contributed by atoms with Gasteiger partial charge in [-0.3, -0.25) is 0 Å². The Balaban J connectivity index is 2.32. The van der Waals surface area contributed by atoms with Crippen LogP contribution < -0.4 is 4.74 Å². The maximum absolute atomic E-state index is 5.91. The predicted molar refractivity (Wildman–Crippen MR) is 59.9 cm³/mol. The van der Waals surface area contributed by atoms with Gasteiger partial charge in [-0.25, -0.2) is 0 Å². The number of ether oxygens (including phenoxy) is 1. The Hall–Kier alpha value is -0.340. The topological polar surface area (TPSA) is 9.23 Å². The van der Waals surface area contributed by atoms with Gasteiger partial charge in [-0.05, 0) is 30.6 Å². The summed E-state index contributed by atoms with van der Waals surface area (Å²) in [6.45, 7) is 0.741. The summed E-state index contributed by atoms with van der Waals surface area (Å²) in [7, 11) is 0. The molecule has 72 valence electrons. The molecule has 0 bridgehead atoms. The smallest absolute Gasteiger partial charge is 0.137 e. The fraction of sp³-hybridized carbons (Fsp3) is 0.400. The minimum absolute atomic E-state index is 0.687. The van der Waals surface area contributed by atoms with E-state index in [-0.39, 0.29) is 0 Å². The summed E-state index contributed by atoms with van der Waals surface area (Å²) >= 11 is 7.73. The van der Waals surface area contributed by atoms with Crippen LogP contribution in [0.1, 0.15) is 6.42 Å². The van der Waals surface area contributed by atoms with Crippen molar-refractivity contribution in [3.63, 3.8) is 0 Å². The molecule has 1 nitrogen and oxygen atoms in total. The maximum Gasteiger partial charge on any atom is 0.137 e. The number of hydrogen-bond donors (Lipinski definition) is 0. The van der Waals surface area contributed by atoms with E-state index in [4.69, 9.17) is 16.3 Å². The Morgan fingerprint density at radius 2 is 2.15 bits per heavy atom. The van der Waals surface area contributed by atoms with Crippen LogP contribution in [0.4, 0.5) is 0 Å². The molecule has 0 aliphatic carbocycles.